The van der Waals surface area contributed by atoms with E-state index in [1.54, 1.807) is 0 Å². The Morgan fingerprint density at radius 2 is 0.618 bits per heavy atom. The van der Waals surface area contributed by atoms with Crippen LogP contribution in [0.2, 0.25) is 0 Å². The van der Waals surface area contributed by atoms with Gasteiger partial charge in [-0.05, 0) is 96.3 Å². The van der Waals surface area contributed by atoms with E-state index in [9.17, 15) is 14.4 Å². The normalized spacial score (nSPS) is 12.9. The molecule has 1 atom stereocenters. The summed E-state index contributed by atoms with van der Waals surface area (Å²) in [7, 11) is 0. The highest BCUT2D eigenvalue weighted by Gasteiger charge is 2.19. The van der Waals surface area contributed by atoms with Gasteiger partial charge in [-0.15, -0.1) is 0 Å². The molecule has 6 nitrogen and oxygen atoms in total. The van der Waals surface area contributed by atoms with Crippen LogP contribution in [0.25, 0.3) is 0 Å². The fourth-order valence-electron chi connectivity index (χ4n) is 7.35. The van der Waals surface area contributed by atoms with Gasteiger partial charge >= 0.3 is 17.9 Å². The highest BCUT2D eigenvalue weighted by molar-refractivity contribution is 5.71. The zero-order chi connectivity index (χ0) is 49.3. The standard InChI is InChI=1S/C62H102O6/c1-4-7-10-13-16-19-22-25-27-28-29-30-31-32-33-34-35-38-40-43-46-49-52-55-61(64)67-58-59(57-66-60(63)54-51-48-45-42-39-36-24-21-18-15-12-9-6-3)68-62(65)56-53-50-47-44-41-37-26-23-20-17-14-11-8-5-2/h7,10,12,15-16,19,21,24-25,27,29-30,32-33,35,38,43,46,59H,4-6,8-9,11,13-14,17-18,20,22-23,26,28,31,34,36-37,39-42,44-45,47-58H2,1-3H3/b10-7-,15-12-,19-16-,24-21-,27-25-,30-29-,33-32-,38-35-,46-43-. The maximum atomic E-state index is 12.8. The molecule has 386 valence electrons. The van der Waals surface area contributed by atoms with Crippen LogP contribution in [0.1, 0.15) is 245 Å². The van der Waals surface area contributed by atoms with Crippen molar-refractivity contribution in [2.24, 2.45) is 0 Å². The number of carbonyl (C=O) groups excluding carboxylic acids is 3. The molecule has 1 unspecified atom stereocenters. The summed E-state index contributed by atoms with van der Waals surface area (Å²) < 4.78 is 16.8. The SMILES string of the molecule is CC/C=C\C/C=C\C/C=C\C/C=C\C/C=C\C/C=C\C/C=C\CCCC(=O)OCC(COC(=O)CCCCCCC/C=C\C/C=C\CCC)OC(=O)CCCCCCCCCCCCCCCC. The summed E-state index contributed by atoms with van der Waals surface area (Å²) in [6.45, 7) is 6.40. The van der Waals surface area contributed by atoms with Gasteiger partial charge in [0.05, 0.1) is 0 Å². The molecular formula is C62H102O6. The number of unbranched alkanes of at least 4 members (excludes halogenated alkanes) is 20. The van der Waals surface area contributed by atoms with Crippen molar-refractivity contribution in [2.45, 2.75) is 252 Å². The van der Waals surface area contributed by atoms with Gasteiger partial charge in [-0.3, -0.25) is 14.4 Å². The molecule has 0 N–H and O–H groups in total. The minimum atomic E-state index is -0.807. The van der Waals surface area contributed by atoms with Crippen LogP contribution in [-0.4, -0.2) is 37.2 Å². The van der Waals surface area contributed by atoms with Crippen molar-refractivity contribution in [2.75, 3.05) is 13.2 Å². The quantitative estimate of drug-likeness (QED) is 0.0262. The van der Waals surface area contributed by atoms with E-state index < -0.39 is 6.10 Å². The number of hydrogen-bond donors (Lipinski definition) is 0. The van der Waals surface area contributed by atoms with E-state index in [2.05, 4.69) is 130 Å². The van der Waals surface area contributed by atoms with E-state index in [1.807, 2.05) is 0 Å². The summed E-state index contributed by atoms with van der Waals surface area (Å²) in [5, 5.41) is 0. The maximum absolute atomic E-state index is 12.8. The van der Waals surface area contributed by atoms with Crippen molar-refractivity contribution in [3.8, 4) is 0 Å². The fourth-order valence-corrected chi connectivity index (χ4v) is 7.35. The third-order valence-corrected chi connectivity index (χ3v) is 11.5. The molecule has 0 fully saturated rings. The van der Waals surface area contributed by atoms with Crippen LogP contribution >= 0.6 is 0 Å². The van der Waals surface area contributed by atoms with Crippen molar-refractivity contribution in [1.82, 2.24) is 0 Å². The second-order valence-electron chi connectivity index (χ2n) is 18.1. The number of rotatable bonds is 49. The third kappa shape index (κ3) is 53.0. The summed E-state index contributed by atoms with van der Waals surface area (Å²) in [4.78, 5) is 38.1. The molecule has 0 aliphatic heterocycles. The highest BCUT2D eigenvalue weighted by Crippen LogP contribution is 2.15. The van der Waals surface area contributed by atoms with E-state index in [1.165, 1.54) is 77.0 Å². The summed E-state index contributed by atoms with van der Waals surface area (Å²) >= 11 is 0. The average Bonchev–Trinajstić information content (AvgIpc) is 3.34. The molecule has 0 aromatic heterocycles. The van der Waals surface area contributed by atoms with Gasteiger partial charge in [-0.2, -0.15) is 0 Å². The molecule has 0 aliphatic carbocycles. The molecule has 0 aromatic rings. The van der Waals surface area contributed by atoms with Crippen molar-refractivity contribution in [1.29, 1.82) is 0 Å². The Hall–Kier alpha value is -3.93. The predicted octanol–water partition coefficient (Wildman–Crippen LogP) is 18.7. The second-order valence-corrected chi connectivity index (χ2v) is 18.1. The smallest absolute Gasteiger partial charge is 0.306 e. The summed E-state index contributed by atoms with van der Waals surface area (Å²) in [5.41, 5.74) is 0. The van der Waals surface area contributed by atoms with Crippen LogP contribution in [0.5, 0.6) is 0 Å². The summed E-state index contributed by atoms with van der Waals surface area (Å²) in [6.07, 6.45) is 75.1. The van der Waals surface area contributed by atoms with Gasteiger partial charge in [0.15, 0.2) is 6.10 Å². The van der Waals surface area contributed by atoms with Crippen molar-refractivity contribution < 1.29 is 28.6 Å². The lowest BCUT2D eigenvalue weighted by Gasteiger charge is -2.18. The molecule has 0 heterocycles. The van der Waals surface area contributed by atoms with Gasteiger partial charge in [-0.25, -0.2) is 0 Å². The largest absolute Gasteiger partial charge is 0.462 e. The minimum absolute atomic E-state index is 0.103. The third-order valence-electron chi connectivity index (χ3n) is 11.5. The molecule has 0 saturated heterocycles. The lowest BCUT2D eigenvalue weighted by Crippen LogP contribution is -2.30. The molecule has 68 heavy (non-hydrogen) atoms. The maximum Gasteiger partial charge on any atom is 0.306 e. The molecular weight excluding hydrogens is 841 g/mol. The van der Waals surface area contributed by atoms with Crippen LogP contribution in [0.3, 0.4) is 0 Å². The molecule has 0 rings (SSSR count). The first-order valence-electron chi connectivity index (χ1n) is 27.9. The van der Waals surface area contributed by atoms with E-state index in [0.29, 0.717) is 19.3 Å². The molecule has 0 radical (unpaired) electrons. The first-order chi connectivity index (χ1) is 33.5. The van der Waals surface area contributed by atoms with Crippen LogP contribution in [0, 0.1) is 0 Å². The van der Waals surface area contributed by atoms with Crippen LogP contribution in [-0.2, 0) is 28.6 Å². The first kappa shape index (κ1) is 64.1. The topological polar surface area (TPSA) is 78.9 Å². The van der Waals surface area contributed by atoms with Gasteiger partial charge in [0.1, 0.15) is 13.2 Å². The van der Waals surface area contributed by atoms with Crippen LogP contribution in [0.4, 0.5) is 0 Å². The lowest BCUT2D eigenvalue weighted by atomic mass is 10.0. The average molecular weight is 943 g/mol. The Morgan fingerprint density at radius 3 is 1.01 bits per heavy atom. The summed E-state index contributed by atoms with van der Waals surface area (Å²) in [6, 6.07) is 0. The lowest BCUT2D eigenvalue weighted by molar-refractivity contribution is -0.167. The van der Waals surface area contributed by atoms with Gasteiger partial charge < -0.3 is 14.2 Å². The van der Waals surface area contributed by atoms with Crippen molar-refractivity contribution >= 4 is 17.9 Å². The van der Waals surface area contributed by atoms with E-state index in [4.69, 9.17) is 14.2 Å². The van der Waals surface area contributed by atoms with Gasteiger partial charge in [-0.1, -0.05) is 239 Å². The van der Waals surface area contributed by atoms with Crippen molar-refractivity contribution in [3.63, 3.8) is 0 Å². The Morgan fingerprint density at radius 1 is 0.309 bits per heavy atom. The number of esters is 3. The van der Waals surface area contributed by atoms with E-state index in [0.717, 1.165) is 122 Å². The Bertz CT molecular complexity index is 1410. The minimum Gasteiger partial charge on any atom is -0.462 e. The number of ether oxygens (including phenoxy) is 3. The highest BCUT2D eigenvalue weighted by atomic mass is 16.6. The van der Waals surface area contributed by atoms with Gasteiger partial charge in [0.25, 0.3) is 0 Å². The number of hydrogen-bond acceptors (Lipinski definition) is 6. The second kappa shape index (κ2) is 55.7. The van der Waals surface area contributed by atoms with Crippen LogP contribution in [0.15, 0.2) is 109 Å². The molecule has 0 aromatic carbocycles. The number of carbonyl (C=O) groups is 3. The predicted molar refractivity (Wildman–Crippen MR) is 293 cm³/mol. The molecule has 0 saturated carbocycles. The first-order valence-corrected chi connectivity index (χ1v) is 27.9. The molecule has 0 aliphatic rings. The molecule has 0 spiro atoms. The Labute approximate surface area is 419 Å². The molecule has 0 amide bonds. The molecule has 0 bridgehead atoms. The summed E-state index contributed by atoms with van der Waals surface area (Å²) in [5.74, 6) is -0.978. The van der Waals surface area contributed by atoms with E-state index >= 15 is 0 Å². The van der Waals surface area contributed by atoms with Gasteiger partial charge in [0, 0.05) is 19.3 Å². The van der Waals surface area contributed by atoms with Crippen molar-refractivity contribution in [3.05, 3.63) is 109 Å². The molecule has 6 heteroatoms. The monoisotopic (exact) mass is 943 g/mol. The zero-order valence-electron chi connectivity index (χ0n) is 44.1. The Kier molecular flexibility index (Phi) is 52.4. The zero-order valence-corrected chi connectivity index (χ0v) is 44.1. The fraction of sp³-hybridized carbons (Fsp3) is 0.661. The number of allylic oxidation sites excluding steroid dienone is 18. The van der Waals surface area contributed by atoms with Gasteiger partial charge in [0.2, 0.25) is 0 Å². The Balaban J connectivity index is 4.47. The van der Waals surface area contributed by atoms with E-state index in [-0.39, 0.29) is 37.5 Å². The van der Waals surface area contributed by atoms with Crippen LogP contribution < -0.4 is 0 Å².